The highest BCUT2D eigenvalue weighted by Crippen LogP contribution is 2.35. The van der Waals surface area contributed by atoms with Crippen LogP contribution in [0.2, 0.25) is 0 Å². The van der Waals surface area contributed by atoms with E-state index in [1.807, 2.05) is 22.8 Å². The largest absolute Gasteiger partial charge is 0.480 e. The zero-order valence-corrected chi connectivity index (χ0v) is 24.0. The fraction of sp³-hybridized carbons (Fsp3) is 0.500. The Morgan fingerprint density at radius 2 is 1.87 bits per heavy atom. The van der Waals surface area contributed by atoms with Gasteiger partial charge in [0, 0.05) is 37.1 Å². The molecule has 1 aromatic carbocycles. The number of carbonyl (C=O) groups is 1. The minimum Gasteiger partial charge on any atom is -0.480 e. The Balaban J connectivity index is 1.82. The molecule has 1 fully saturated rings. The number of rotatable bonds is 9. The van der Waals surface area contributed by atoms with Crippen LogP contribution < -0.4 is 10.5 Å². The number of benzene rings is 1. The second-order valence-corrected chi connectivity index (χ2v) is 12.5. The van der Waals surface area contributed by atoms with Crippen molar-refractivity contribution in [1.29, 1.82) is 0 Å². The second kappa shape index (κ2) is 10.7. The number of hydrogen-bond donors (Lipinski definition) is 1. The fourth-order valence-corrected chi connectivity index (χ4v) is 6.59. The Morgan fingerprint density at radius 3 is 2.46 bits per heavy atom. The lowest BCUT2D eigenvalue weighted by Crippen LogP contribution is -2.51. The van der Waals surface area contributed by atoms with Gasteiger partial charge in [0.25, 0.3) is 10.0 Å². The van der Waals surface area contributed by atoms with E-state index in [2.05, 4.69) is 29.0 Å². The molecule has 12 nitrogen and oxygen atoms in total. The van der Waals surface area contributed by atoms with E-state index in [1.54, 1.807) is 20.8 Å². The van der Waals surface area contributed by atoms with Crippen LogP contribution in [0.5, 0.6) is 5.88 Å². The summed E-state index contributed by atoms with van der Waals surface area (Å²) >= 11 is 0. The summed E-state index contributed by atoms with van der Waals surface area (Å²) in [5.41, 5.74) is 7.96. The standard InChI is InChI=1S/C26H36N6O6S/c1-25(2,3)32(38-17-33)39(34,35)22-14-19(15-28-23(22)36-6)18-7-8-20-21(13-18)31(24(27)29-20)16-26(30(4)5)9-11-37-12-10-26/h7-8,13-15,17H,9-12,16H2,1-6H3,(H2,27,29). The zero-order valence-electron chi connectivity index (χ0n) is 23.2. The Hall–Kier alpha value is -3.26. The summed E-state index contributed by atoms with van der Waals surface area (Å²) in [6.07, 6.45) is 3.25. The van der Waals surface area contributed by atoms with Crippen molar-refractivity contribution in [1.82, 2.24) is 23.9 Å². The molecule has 0 radical (unpaired) electrons. The molecular weight excluding hydrogens is 524 g/mol. The summed E-state index contributed by atoms with van der Waals surface area (Å²) < 4.78 is 40.7. The molecule has 0 aliphatic carbocycles. The van der Waals surface area contributed by atoms with E-state index in [-0.39, 0.29) is 22.8 Å². The molecule has 0 saturated carbocycles. The SMILES string of the molecule is COc1ncc(-c2ccc3nc(N)n(CC4(N(C)C)CCOCC4)c3c2)cc1S(=O)(=O)N(OC=O)C(C)(C)C. The Bertz CT molecular complexity index is 1460. The van der Waals surface area contributed by atoms with Crippen LogP contribution in [-0.2, 0) is 30.9 Å². The summed E-state index contributed by atoms with van der Waals surface area (Å²) in [6, 6.07) is 7.06. The van der Waals surface area contributed by atoms with E-state index >= 15 is 0 Å². The van der Waals surface area contributed by atoms with Crippen LogP contribution in [0.3, 0.4) is 0 Å². The van der Waals surface area contributed by atoms with Gasteiger partial charge in [-0.2, -0.15) is 0 Å². The molecule has 2 N–H and O–H groups in total. The molecular formula is C26H36N6O6S. The number of pyridine rings is 1. The molecule has 39 heavy (non-hydrogen) atoms. The molecule has 212 valence electrons. The number of imidazole rings is 1. The molecule has 1 saturated heterocycles. The van der Waals surface area contributed by atoms with E-state index in [9.17, 15) is 13.2 Å². The molecule has 2 aromatic heterocycles. The summed E-state index contributed by atoms with van der Waals surface area (Å²) in [5.74, 6) is 0.281. The molecule has 13 heteroatoms. The molecule has 4 rings (SSSR count). The van der Waals surface area contributed by atoms with E-state index in [4.69, 9.17) is 20.0 Å². The predicted octanol–water partition coefficient (Wildman–Crippen LogP) is 2.68. The molecule has 1 aliphatic heterocycles. The van der Waals surface area contributed by atoms with Crippen molar-refractivity contribution in [2.75, 3.05) is 40.2 Å². The maximum atomic E-state index is 13.6. The lowest BCUT2D eigenvalue weighted by molar-refractivity contribution is -0.165. The van der Waals surface area contributed by atoms with E-state index < -0.39 is 15.6 Å². The minimum absolute atomic E-state index is 0.0744. The lowest BCUT2D eigenvalue weighted by Gasteiger charge is -2.43. The zero-order chi connectivity index (χ0) is 28.6. The fourth-order valence-electron chi connectivity index (χ4n) is 4.91. The van der Waals surface area contributed by atoms with Crippen molar-refractivity contribution in [2.45, 2.75) is 56.1 Å². The number of anilines is 1. The van der Waals surface area contributed by atoms with Crippen molar-refractivity contribution in [3.63, 3.8) is 0 Å². The van der Waals surface area contributed by atoms with Crippen LogP contribution in [0.1, 0.15) is 33.6 Å². The number of aromatic nitrogens is 3. The molecule has 3 aromatic rings. The van der Waals surface area contributed by atoms with Gasteiger partial charge in [-0.1, -0.05) is 6.07 Å². The van der Waals surface area contributed by atoms with Gasteiger partial charge in [0.05, 0.1) is 23.7 Å². The molecule has 0 spiro atoms. The maximum Gasteiger partial charge on any atom is 0.314 e. The molecule has 1 aliphatic rings. The third kappa shape index (κ3) is 5.44. The number of sulfonamides is 1. The third-order valence-electron chi connectivity index (χ3n) is 7.13. The first-order valence-corrected chi connectivity index (χ1v) is 14.0. The smallest absolute Gasteiger partial charge is 0.314 e. The van der Waals surface area contributed by atoms with E-state index in [0.29, 0.717) is 41.3 Å². The maximum absolute atomic E-state index is 13.6. The van der Waals surface area contributed by atoms with Crippen molar-refractivity contribution in [2.24, 2.45) is 0 Å². The van der Waals surface area contributed by atoms with Gasteiger partial charge in [0.15, 0.2) is 0 Å². The van der Waals surface area contributed by atoms with Crippen LogP contribution in [-0.4, -0.2) is 84.3 Å². The first kappa shape index (κ1) is 28.7. The Morgan fingerprint density at radius 1 is 1.18 bits per heavy atom. The first-order valence-electron chi connectivity index (χ1n) is 12.6. The number of nitrogens with two attached hydrogens (primary N) is 1. The topological polar surface area (TPSA) is 142 Å². The number of nitrogens with zero attached hydrogens (tertiary/aromatic N) is 5. The first-order chi connectivity index (χ1) is 18.3. The predicted molar refractivity (Wildman–Crippen MR) is 146 cm³/mol. The Labute approximate surface area is 228 Å². The third-order valence-corrected chi connectivity index (χ3v) is 9.05. The molecule has 0 amide bonds. The highest BCUT2D eigenvalue weighted by atomic mass is 32.2. The number of hydrogen-bond acceptors (Lipinski definition) is 10. The monoisotopic (exact) mass is 560 g/mol. The van der Waals surface area contributed by atoms with Crippen LogP contribution in [0.4, 0.5) is 5.95 Å². The second-order valence-electron chi connectivity index (χ2n) is 10.8. The summed E-state index contributed by atoms with van der Waals surface area (Å²) in [5, 5.41) is 0. The highest BCUT2D eigenvalue weighted by molar-refractivity contribution is 7.89. The van der Waals surface area contributed by atoms with Crippen LogP contribution >= 0.6 is 0 Å². The normalized spacial score (nSPS) is 16.1. The van der Waals surface area contributed by atoms with Gasteiger partial charge in [-0.25, -0.2) is 18.4 Å². The van der Waals surface area contributed by atoms with E-state index in [0.717, 1.165) is 23.9 Å². The minimum atomic E-state index is -4.34. The van der Waals surface area contributed by atoms with Gasteiger partial charge in [-0.15, -0.1) is 0 Å². The van der Waals surface area contributed by atoms with Gasteiger partial charge in [0.1, 0.15) is 4.90 Å². The number of fused-ring (bicyclic) bond motifs is 1. The Kier molecular flexibility index (Phi) is 7.90. The van der Waals surface area contributed by atoms with Crippen molar-refractivity contribution in [3.8, 4) is 17.0 Å². The average molecular weight is 561 g/mol. The van der Waals surface area contributed by atoms with Gasteiger partial charge < -0.3 is 29.5 Å². The van der Waals surface area contributed by atoms with Gasteiger partial charge in [-0.05, 0) is 75.9 Å². The number of likely N-dealkylation sites (N-methyl/N-ethyl adjacent to an activating group) is 1. The van der Waals surface area contributed by atoms with Gasteiger partial charge in [-0.3, -0.25) is 4.79 Å². The average Bonchev–Trinajstić information content (AvgIpc) is 3.20. The number of hydroxylamine groups is 1. The van der Waals surface area contributed by atoms with Crippen LogP contribution in [0, 0.1) is 0 Å². The van der Waals surface area contributed by atoms with Gasteiger partial charge in [0.2, 0.25) is 11.8 Å². The van der Waals surface area contributed by atoms with Crippen LogP contribution in [0.15, 0.2) is 35.4 Å². The molecule has 0 bridgehead atoms. The number of methoxy groups -OCH3 is 1. The highest BCUT2D eigenvalue weighted by Gasteiger charge is 2.39. The number of ether oxygens (including phenoxy) is 2. The summed E-state index contributed by atoms with van der Waals surface area (Å²) in [6.45, 7) is 6.86. The summed E-state index contributed by atoms with van der Waals surface area (Å²) in [7, 11) is 1.11. The quantitative estimate of drug-likeness (QED) is 0.307. The van der Waals surface area contributed by atoms with E-state index in [1.165, 1.54) is 19.4 Å². The summed E-state index contributed by atoms with van der Waals surface area (Å²) in [4.78, 5) is 26.8. The molecule has 3 heterocycles. The molecule has 0 unspecified atom stereocenters. The lowest BCUT2D eigenvalue weighted by atomic mass is 9.88. The molecule has 0 atom stereocenters. The van der Waals surface area contributed by atoms with Crippen LogP contribution in [0.25, 0.3) is 22.2 Å². The van der Waals surface area contributed by atoms with Crippen molar-refractivity contribution >= 4 is 33.5 Å². The van der Waals surface area contributed by atoms with Gasteiger partial charge >= 0.3 is 6.47 Å². The number of carbonyl (C=O) groups excluding carboxylic acids is 1. The van der Waals surface area contributed by atoms with Crippen molar-refractivity contribution in [3.05, 3.63) is 30.5 Å². The van der Waals surface area contributed by atoms with Crippen molar-refractivity contribution < 1.29 is 27.5 Å². The number of nitrogen functional groups attached to an aromatic ring is 1.